The molecule has 0 bridgehead atoms. The fourth-order valence-corrected chi connectivity index (χ4v) is 2.65. The van der Waals surface area contributed by atoms with Gasteiger partial charge in [-0.1, -0.05) is 23.4 Å². The first kappa shape index (κ1) is 12.2. The zero-order chi connectivity index (χ0) is 13.1. The summed E-state index contributed by atoms with van der Waals surface area (Å²) in [6.07, 6.45) is 3.63. The van der Waals surface area contributed by atoms with Crippen molar-refractivity contribution in [2.75, 3.05) is 11.4 Å². The molecule has 100 valence electrons. The Balaban J connectivity index is 1.83. The predicted molar refractivity (Wildman–Crippen MR) is 74.8 cm³/mol. The van der Waals surface area contributed by atoms with Crippen LogP contribution in [-0.2, 0) is 19.5 Å². The summed E-state index contributed by atoms with van der Waals surface area (Å²) < 4.78 is 5.34. The van der Waals surface area contributed by atoms with Gasteiger partial charge in [-0.2, -0.15) is 0 Å². The van der Waals surface area contributed by atoms with Crippen molar-refractivity contribution in [2.24, 2.45) is 5.73 Å². The largest absolute Gasteiger partial charge is 0.364 e. The maximum absolute atomic E-state index is 5.56. The third-order valence-corrected chi connectivity index (χ3v) is 3.62. The number of rotatable bonds is 3. The molecule has 1 aromatic heterocycles. The molecule has 2 aromatic rings. The lowest BCUT2D eigenvalue weighted by Crippen LogP contribution is -2.23. The van der Waals surface area contributed by atoms with Gasteiger partial charge in [0, 0.05) is 24.8 Å². The van der Waals surface area contributed by atoms with Crippen molar-refractivity contribution in [3.63, 3.8) is 0 Å². The minimum absolute atomic E-state index is 0.431. The van der Waals surface area contributed by atoms with Crippen LogP contribution in [0.25, 0.3) is 0 Å². The number of hydrogen-bond acceptors (Lipinski definition) is 4. The first-order valence-corrected chi connectivity index (χ1v) is 6.84. The molecule has 2 heterocycles. The van der Waals surface area contributed by atoms with E-state index < -0.39 is 0 Å². The van der Waals surface area contributed by atoms with Crippen LogP contribution in [0, 0.1) is 0 Å². The molecule has 0 aliphatic carbocycles. The SMILES string of the molecule is NCc1cc(CN2CCCCc3ccccc32)on1. The topological polar surface area (TPSA) is 55.3 Å². The molecule has 0 saturated carbocycles. The van der Waals surface area contributed by atoms with Crippen molar-refractivity contribution in [3.8, 4) is 0 Å². The number of nitrogens with two attached hydrogens (primary N) is 1. The molecule has 0 spiro atoms. The first-order chi connectivity index (χ1) is 9.36. The van der Waals surface area contributed by atoms with Crippen LogP contribution in [0.1, 0.15) is 29.9 Å². The van der Waals surface area contributed by atoms with Gasteiger partial charge >= 0.3 is 0 Å². The molecule has 0 saturated heterocycles. The van der Waals surface area contributed by atoms with E-state index in [9.17, 15) is 0 Å². The number of anilines is 1. The van der Waals surface area contributed by atoms with E-state index in [2.05, 4.69) is 34.3 Å². The molecular formula is C15H19N3O. The summed E-state index contributed by atoms with van der Waals surface area (Å²) in [7, 11) is 0. The predicted octanol–water partition coefficient (Wildman–Crippen LogP) is 2.48. The zero-order valence-electron chi connectivity index (χ0n) is 11.0. The molecule has 4 nitrogen and oxygen atoms in total. The molecule has 0 radical (unpaired) electrons. The second-order valence-corrected chi connectivity index (χ2v) is 5.00. The van der Waals surface area contributed by atoms with Crippen molar-refractivity contribution in [2.45, 2.75) is 32.4 Å². The van der Waals surface area contributed by atoms with Crippen molar-refractivity contribution < 1.29 is 4.52 Å². The number of para-hydroxylation sites is 1. The Bertz CT molecular complexity index is 550. The molecule has 1 aliphatic heterocycles. The summed E-state index contributed by atoms with van der Waals surface area (Å²) in [5.41, 5.74) is 9.13. The second kappa shape index (κ2) is 5.45. The Labute approximate surface area is 113 Å². The van der Waals surface area contributed by atoms with E-state index in [1.165, 1.54) is 24.1 Å². The van der Waals surface area contributed by atoms with Crippen molar-refractivity contribution in [1.82, 2.24) is 5.16 Å². The van der Waals surface area contributed by atoms with E-state index in [1.807, 2.05) is 6.07 Å². The molecule has 1 aromatic carbocycles. The normalized spacial score (nSPS) is 15.1. The number of hydrogen-bond donors (Lipinski definition) is 1. The van der Waals surface area contributed by atoms with Gasteiger partial charge < -0.3 is 15.2 Å². The zero-order valence-corrected chi connectivity index (χ0v) is 11.0. The average Bonchev–Trinajstić information content (AvgIpc) is 2.80. The monoisotopic (exact) mass is 257 g/mol. The minimum atomic E-state index is 0.431. The molecule has 0 fully saturated rings. The van der Waals surface area contributed by atoms with E-state index in [0.717, 1.165) is 31.0 Å². The van der Waals surface area contributed by atoms with Gasteiger partial charge in [-0.3, -0.25) is 0 Å². The lowest BCUT2D eigenvalue weighted by Gasteiger charge is -2.23. The highest BCUT2D eigenvalue weighted by atomic mass is 16.5. The highest BCUT2D eigenvalue weighted by Gasteiger charge is 2.16. The first-order valence-electron chi connectivity index (χ1n) is 6.84. The van der Waals surface area contributed by atoms with Gasteiger partial charge in [0.2, 0.25) is 0 Å². The maximum Gasteiger partial charge on any atom is 0.156 e. The quantitative estimate of drug-likeness (QED) is 0.917. The Morgan fingerprint density at radius 1 is 1.26 bits per heavy atom. The Hall–Kier alpha value is -1.81. The smallest absolute Gasteiger partial charge is 0.156 e. The van der Waals surface area contributed by atoms with Crippen molar-refractivity contribution in [1.29, 1.82) is 0 Å². The van der Waals surface area contributed by atoms with Gasteiger partial charge in [0.15, 0.2) is 5.76 Å². The number of fused-ring (bicyclic) bond motifs is 1. The van der Waals surface area contributed by atoms with Crippen LogP contribution in [0.4, 0.5) is 5.69 Å². The summed E-state index contributed by atoms with van der Waals surface area (Å²) in [4.78, 5) is 2.38. The molecule has 19 heavy (non-hydrogen) atoms. The number of aryl methyl sites for hydroxylation is 1. The van der Waals surface area contributed by atoms with Crippen LogP contribution in [-0.4, -0.2) is 11.7 Å². The second-order valence-electron chi connectivity index (χ2n) is 5.00. The van der Waals surface area contributed by atoms with Gasteiger partial charge in [-0.15, -0.1) is 0 Å². The van der Waals surface area contributed by atoms with Crippen LogP contribution < -0.4 is 10.6 Å². The van der Waals surface area contributed by atoms with Crippen molar-refractivity contribution in [3.05, 3.63) is 47.3 Å². The average molecular weight is 257 g/mol. The summed E-state index contributed by atoms with van der Waals surface area (Å²) in [6.45, 7) is 2.26. The Kier molecular flexibility index (Phi) is 3.51. The molecule has 2 N–H and O–H groups in total. The van der Waals surface area contributed by atoms with Crippen LogP contribution in [0.2, 0.25) is 0 Å². The Morgan fingerprint density at radius 3 is 3.00 bits per heavy atom. The third-order valence-electron chi connectivity index (χ3n) is 3.62. The van der Waals surface area contributed by atoms with Crippen LogP contribution in [0.3, 0.4) is 0 Å². The third kappa shape index (κ3) is 2.63. The Morgan fingerprint density at radius 2 is 2.16 bits per heavy atom. The van der Waals surface area contributed by atoms with E-state index in [1.54, 1.807) is 0 Å². The summed E-state index contributed by atoms with van der Waals surface area (Å²) >= 11 is 0. The van der Waals surface area contributed by atoms with Gasteiger partial charge in [0.1, 0.15) is 0 Å². The molecular weight excluding hydrogens is 238 g/mol. The van der Waals surface area contributed by atoms with Crippen LogP contribution >= 0.6 is 0 Å². The molecule has 0 atom stereocenters. The van der Waals surface area contributed by atoms with Gasteiger partial charge in [0.25, 0.3) is 0 Å². The number of benzene rings is 1. The minimum Gasteiger partial charge on any atom is -0.364 e. The molecule has 3 rings (SSSR count). The lowest BCUT2D eigenvalue weighted by atomic mass is 10.1. The summed E-state index contributed by atoms with van der Waals surface area (Å²) in [6, 6.07) is 10.6. The van der Waals surface area contributed by atoms with Gasteiger partial charge in [0.05, 0.1) is 12.2 Å². The highest BCUT2D eigenvalue weighted by Crippen LogP contribution is 2.27. The van der Waals surface area contributed by atoms with E-state index in [0.29, 0.717) is 6.54 Å². The summed E-state index contributed by atoms with van der Waals surface area (Å²) in [5, 5.41) is 3.95. The number of aromatic nitrogens is 1. The van der Waals surface area contributed by atoms with Crippen LogP contribution in [0.15, 0.2) is 34.9 Å². The van der Waals surface area contributed by atoms with E-state index >= 15 is 0 Å². The molecule has 4 heteroatoms. The van der Waals surface area contributed by atoms with E-state index in [4.69, 9.17) is 10.3 Å². The summed E-state index contributed by atoms with van der Waals surface area (Å²) in [5.74, 6) is 0.886. The van der Waals surface area contributed by atoms with Gasteiger partial charge in [-0.05, 0) is 30.9 Å². The van der Waals surface area contributed by atoms with Gasteiger partial charge in [-0.25, -0.2) is 0 Å². The maximum atomic E-state index is 5.56. The van der Waals surface area contributed by atoms with E-state index in [-0.39, 0.29) is 0 Å². The van der Waals surface area contributed by atoms with Crippen LogP contribution in [0.5, 0.6) is 0 Å². The molecule has 0 unspecified atom stereocenters. The highest BCUT2D eigenvalue weighted by molar-refractivity contribution is 5.54. The standard InChI is InChI=1S/C15H19N3O/c16-10-13-9-14(19-17-13)11-18-8-4-3-6-12-5-1-2-7-15(12)18/h1-2,5,7,9H,3-4,6,8,10-11,16H2. The molecule has 1 aliphatic rings. The number of nitrogens with zero attached hydrogens (tertiary/aromatic N) is 2. The lowest BCUT2D eigenvalue weighted by molar-refractivity contribution is 0.375. The molecule has 0 amide bonds. The van der Waals surface area contributed by atoms with Crippen molar-refractivity contribution >= 4 is 5.69 Å². The fraction of sp³-hybridized carbons (Fsp3) is 0.400. The fourth-order valence-electron chi connectivity index (χ4n) is 2.65.